The monoisotopic (exact) mass is 686 g/mol. The van der Waals surface area contributed by atoms with Crippen LogP contribution in [0.5, 0.6) is 0 Å². The zero-order chi connectivity index (χ0) is 35.3. The molecule has 1 fully saturated rings. The number of hydrogen-bond acceptors (Lipinski definition) is 9. The Labute approximate surface area is 282 Å². The van der Waals surface area contributed by atoms with Crippen LogP contribution in [-0.2, 0) is 50.6 Å². The topological polar surface area (TPSA) is 161 Å². The number of nitrogens with one attached hydrogen (secondary N) is 2. The van der Waals surface area contributed by atoms with Crippen molar-refractivity contribution in [2.24, 2.45) is 5.92 Å². The predicted octanol–water partition coefficient (Wildman–Crippen LogP) is 3.08. The van der Waals surface area contributed by atoms with Crippen LogP contribution in [0, 0.1) is 5.92 Å². The summed E-state index contributed by atoms with van der Waals surface area (Å²) in [6, 6.07) is 15.8. The number of likely N-dealkylation sites (tertiary alicyclic amines) is 1. The highest BCUT2D eigenvalue weighted by atomic mass is 32.2. The van der Waals surface area contributed by atoms with Crippen LogP contribution in [0.25, 0.3) is 0 Å². The van der Waals surface area contributed by atoms with Gasteiger partial charge in [0.15, 0.2) is 0 Å². The molecule has 2 N–H and O–H groups in total. The molecular formula is C34H46N4O9S. The third-order valence-electron chi connectivity index (χ3n) is 8.63. The second-order valence-electron chi connectivity index (χ2n) is 13.2. The van der Waals surface area contributed by atoms with Crippen molar-refractivity contribution >= 4 is 39.6 Å². The maximum Gasteiger partial charge on any atom is 0.411 e. The summed E-state index contributed by atoms with van der Waals surface area (Å²) in [6.45, 7) is 8.66. The molecule has 14 heteroatoms. The Morgan fingerprint density at radius 1 is 0.938 bits per heavy atom. The molecule has 4 rings (SSSR count). The number of fused-ring (bicyclic) bond motifs is 2. The van der Waals surface area contributed by atoms with Crippen LogP contribution < -0.4 is 14.9 Å². The van der Waals surface area contributed by atoms with Gasteiger partial charge in [0.1, 0.15) is 11.6 Å². The number of ether oxygens (including phenoxy) is 3. The minimum atomic E-state index is -3.49. The lowest BCUT2D eigenvalue weighted by Crippen LogP contribution is -2.61. The number of carbonyl (C=O) groups excluding carboxylic acids is 4. The first-order valence-corrected chi connectivity index (χ1v) is 17.9. The molecule has 2 aromatic rings. The van der Waals surface area contributed by atoms with Gasteiger partial charge in [-0.25, -0.2) is 13.2 Å². The first-order valence-electron chi connectivity index (χ1n) is 16.0. The summed E-state index contributed by atoms with van der Waals surface area (Å²) in [5.74, 6) is -1.97. The van der Waals surface area contributed by atoms with Gasteiger partial charge < -0.3 is 29.7 Å². The fraction of sp³-hybridized carbons (Fsp3) is 0.529. The molecule has 13 nitrogen and oxygen atoms in total. The van der Waals surface area contributed by atoms with Crippen molar-refractivity contribution in [2.75, 3.05) is 36.8 Å². The Morgan fingerprint density at radius 2 is 1.56 bits per heavy atom. The van der Waals surface area contributed by atoms with E-state index < -0.39 is 57.2 Å². The Morgan fingerprint density at radius 3 is 2.19 bits per heavy atom. The smallest absolute Gasteiger partial charge is 0.411 e. The van der Waals surface area contributed by atoms with Gasteiger partial charge in [0.2, 0.25) is 28.1 Å². The Bertz CT molecular complexity index is 1590. The Hall–Kier alpha value is -4.17. The lowest BCUT2D eigenvalue weighted by Gasteiger charge is -2.41. The number of para-hydroxylation sites is 1. The van der Waals surface area contributed by atoms with Gasteiger partial charge in [0, 0.05) is 32.0 Å². The minimum Gasteiger partial charge on any atom is -0.425 e. The summed E-state index contributed by atoms with van der Waals surface area (Å²) in [6.07, 6.45) is 0.0990. The number of piperidine rings is 1. The number of carbonyl (C=O) groups is 4. The van der Waals surface area contributed by atoms with Crippen LogP contribution in [0.2, 0.25) is 0 Å². The zero-order valence-corrected chi connectivity index (χ0v) is 29.2. The summed E-state index contributed by atoms with van der Waals surface area (Å²) in [5.41, 5.74) is 0.547. The van der Waals surface area contributed by atoms with Gasteiger partial charge >= 0.3 is 12.1 Å². The van der Waals surface area contributed by atoms with E-state index in [-0.39, 0.29) is 19.1 Å². The summed E-state index contributed by atoms with van der Waals surface area (Å²) < 4.78 is 42.7. The van der Waals surface area contributed by atoms with E-state index in [1.54, 1.807) is 18.7 Å². The van der Waals surface area contributed by atoms with Gasteiger partial charge in [-0.05, 0) is 43.9 Å². The van der Waals surface area contributed by atoms with E-state index in [1.807, 2.05) is 54.6 Å². The highest BCUT2D eigenvalue weighted by Crippen LogP contribution is 2.47. The molecule has 0 aromatic heterocycles. The van der Waals surface area contributed by atoms with Crippen LogP contribution in [0.4, 0.5) is 10.5 Å². The lowest BCUT2D eigenvalue weighted by molar-refractivity contribution is -0.169. The van der Waals surface area contributed by atoms with Crippen LogP contribution in [0.1, 0.15) is 58.6 Å². The largest absolute Gasteiger partial charge is 0.425 e. The molecule has 3 amide bonds. The van der Waals surface area contributed by atoms with E-state index in [0.717, 1.165) is 11.1 Å². The molecule has 2 atom stereocenters. The van der Waals surface area contributed by atoms with Crippen molar-refractivity contribution < 1.29 is 41.8 Å². The number of esters is 1. The summed E-state index contributed by atoms with van der Waals surface area (Å²) >= 11 is 0. The van der Waals surface area contributed by atoms with E-state index in [4.69, 9.17) is 14.2 Å². The number of hydrogen-bond donors (Lipinski definition) is 2. The quantitative estimate of drug-likeness (QED) is 0.253. The summed E-state index contributed by atoms with van der Waals surface area (Å²) in [5, 5.41) is 5.22. The van der Waals surface area contributed by atoms with Crippen molar-refractivity contribution in [3.05, 3.63) is 65.7 Å². The maximum atomic E-state index is 14.0. The Balaban J connectivity index is 1.44. The number of rotatable bonds is 12. The average Bonchev–Trinajstić information content (AvgIpc) is 3.35. The Kier molecular flexibility index (Phi) is 11.4. The maximum absolute atomic E-state index is 14.0. The highest BCUT2D eigenvalue weighted by Gasteiger charge is 2.48. The van der Waals surface area contributed by atoms with Gasteiger partial charge in [-0.1, -0.05) is 62.4 Å². The molecule has 48 heavy (non-hydrogen) atoms. The minimum absolute atomic E-state index is 0.130. The van der Waals surface area contributed by atoms with E-state index in [9.17, 15) is 27.6 Å². The third kappa shape index (κ3) is 8.84. The molecule has 2 aromatic carbocycles. The van der Waals surface area contributed by atoms with Gasteiger partial charge in [-0.2, -0.15) is 0 Å². The standard InChI is InChI=1S/C34H46N4O9S/c1-23(2)30(40)46-24(3)47-32(42)36-33(4,5)31(41)35-27(21-45-20-25-12-8-7-9-13-25)29(39)37-18-16-34(17-19-37)22-38(48(6,43)44)28-15-11-10-14-26(28)34/h7-15,23-24,27H,16-22H2,1-6H3,(H,35,41)(H,36,42). The van der Waals surface area contributed by atoms with Gasteiger partial charge in [-0.3, -0.25) is 18.7 Å². The number of sulfonamides is 1. The highest BCUT2D eigenvalue weighted by molar-refractivity contribution is 7.92. The summed E-state index contributed by atoms with van der Waals surface area (Å²) in [7, 11) is -3.49. The van der Waals surface area contributed by atoms with E-state index in [1.165, 1.54) is 31.3 Å². The van der Waals surface area contributed by atoms with Crippen LogP contribution in [0.15, 0.2) is 54.6 Å². The van der Waals surface area contributed by atoms with Crippen LogP contribution >= 0.6 is 0 Å². The molecule has 0 radical (unpaired) electrons. The van der Waals surface area contributed by atoms with Gasteiger partial charge in [0.05, 0.1) is 31.1 Å². The molecule has 262 valence electrons. The molecule has 1 saturated heterocycles. The fourth-order valence-electron chi connectivity index (χ4n) is 5.88. The second kappa shape index (κ2) is 14.9. The van der Waals surface area contributed by atoms with Crippen molar-refractivity contribution in [2.45, 2.75) is 77.4 Å². The third-order valence-corrected chi connectivity index (χ3v) is 9.76. The van der Waals surface area contributed by atoms with Crippen molar-refractivity contribution in [1.29, 1.82) is 0 Å². The molecule has 0 aliphatic carbocycles. The lowest BCUT2D eigenvalue weighted by atomic mass is 9.74. The first-order chi connectivity index (χ1) is 22.5. The SMILES string of the molecule is CC(OC(=O)NC(C)(C)C(=O)NC(COCc1ccccc1)C(=O)N1CCC2(CC1)CN(S(C)(=O)=O)c1ccccc12)OC(=O)C(C)C. The molecule has 2 unspecified atom stereocenters. The average molecular weight is 687 g/mol. The van der Waals surface area contributed by atoms with Crippen LogP contribution in [0.3, 0.4) is 0 Å². The fourth-order valence-corrected chi connectivity index (χ4v) is 6.88. The zero-order valence-electron chi connectivity index (χ0n) is 28.4. The van der Waals surface area contributed by atoms with Crippen molar-refractivity contribution in [1.82, 2.24) is 15.5 Å². The van der Waals surface area contributed by atoms with E-state index in [0.29, 0.717) is 38.2 Å². The molecular weight excluding hydrogens is 640 g/mol. The number of anilines is 1. The van der Waals surface area contributed by atoms with E-state index in [2.05, 4.69) is 10.6 Å². The number of amides is 3. The van der Waals surface area contributed by atoms with E-state index >= 15 is 0 Å². The van der Waals surface area contributed by atoms with Crippen molar-refractivity contribution in [3.8, 4) is 0 Å². The number of alkyl carbamates (subject to hydrolysis) is 1. The molecule has 2 aliphatic heterocycles. The predicted molar refractivity (Wildman–Crippen MR) is 178 cm³/mol. The molecule has 1 spiro atoms. The van der Waals surface area contributed by atoms with Crippen LogP contribution in [-0.4, -0.2) is 87.6 Å². The number of benzene rings is 2. The number of nitrogens with zero attached hydrogens (tertiary/aromatic N) is 2. The molecule has 0 saturated carbocycles. The molecule has 2 aliphatic rings. The molecule has 2 heterocycles. The molecule has 0 bridgehead atoms. The first kappa shape index (κ1) is 36.7. The van der Waals surface area contributed by atoms with Gasteiger partial charge in [-0.15, -0.1) is 0 Å². The second-order valence-corrected chi connectivity index (χ2v) is 15.1. The normalized spacial score (nSPS) is 17.0. The van der Waals surface area contributed by atoms with Gasteiger partial charge in [0.25, 0.3) is 0 Å². The summed E-state index contributed by atoms with van der Waals surface area (Å²) in [4.78, 5) is 53.5. The van der Waals surface area contributed by atoms with Crippen molar-refractivity contribution in [3.63, 3.8) is 0 Å².